The van der Waals surface area contributed by atoms with E-state index in [1.165, 1.54) is 18.2 Å². The van der Waals surface area contributed by atoms with Gasteiger partial charge in [0.2, 0.25) is 5.91 Å². The Bertz CT molecular complexity index is 832. The summed E-state index contributed by atoms with van der Waals surface area (Å²) in [7, 11) is 0. The predicted octanol–water partition coefficient (Wildman–Crippen LogP) is 1.99. The molecule has 2 amide bonds. The molecule has 26 heavy (non-hydrogen) atoms. The number of H-pyrrole nitrogens is 1. The minimum atomic E-state index is -0.508. The standard InChI is InChI=1S/C17H21N5O4/c23-15-5-2-1-3-9-21(15)10-4-8-18-17(24)16-13-11-12(22(25)26)6-7-14(13)19-20-16/h6-7,11H,1-5,8-10H2,(H,18,24)(H,19,20). The lowest BCUT2D eigenvalue weighted by molar-refractivity contribution is -0.384. The van der Waals surface area contributed by atoms with E-state index >= 15 is 0 Å². The number of nitro groups is 1. The monoisotopic (exact) mass is 359 g/mol. The van der Waals surface area contributed by atoms with Gasteiger partial charge < -0.3 is 10.2 Å². The molecule has 0 atom stereocenters. The lowest BCUT2D eigenvalue weighted by Gasteiger charge is -2.20. The third-order valence-electron chi connectivity index (χ3n) is 4.53. The zero-order valence-corrected chi connectivity index (χ0v) is 14.4. The lowest BCUT2D eigenvalue weighted by atomic mass is 10.2. The van der Waals surface area contributed by atoms with Crippen LogP contribution in [0.5, 0.6) is 0 Å². The van der Waals surface area contributed by atoms with Crippen molar-refractivity contribution in [3.05, 3.63) is 34.0 Å². The molecule has 9 nitrogen and oxygen atoms in total. The summed E-state index contributed by atoms with van der Waals surface area (Å²) in [5, 5.41) is 20.8. The first-order valence-corrected chi connectivity index (χ1v) is 8.75. The van der Waals surface area contributed by atoms with E-state index in [9.17, 15) is 19.7 Å². The van der Waals surface area contributed by atoms with Gasteiger partial charge in [-0.1, -0.05) is 6.42 Å². The van der Waals surface area contributed by atoms with Gasteiger partial charge in [0.15, 0.2) is 5.69 Å². The van der Waals surface area contributed by atoms with Crippen LogP contribution >= 0.6 is 0 Å². The van der Waals surface area contributed by atoms with Gasteiger partial charge in [-0.05, 0) is 25.3 Å². The zero-order valence-electron chi connectivity index (χ0n) is 14.4. The summed E-state index contributed by atoms with van der Waals surface area (Å²) in [5.41, 5.74) is 0.609. The summed E-state index contributed by atoms with van der Waals surface area (Å²) >= 11 is 0. The highest BCUT2D eigenvalue weighted by atomic mass is 16.6. The van der Waals surface area contributed by atoms with E-state index in [4.69, 9.17) is 0 Å². The van der Waals surface area contributed by atoms with Crippen molar-refractivity contribution < 1.29 is 14.5 Å². The van der Waals surface area contributed by atoms with Gasteiger partial charge in [0.1, 0.15) is 0 Å². The fourth-order valence-electron chi connectivity index (χ4n) is 3.12. The number of benzene rings is 1. The number of hydrogen-bond donors (Lipinski definition) is 2. The molecule has 0 saturated carbocycles. The van der Waals surface area contributed by atoms with Crippen molar-refractivity contribution in [2.24, 2.45) is 0 Å². The Morgan fingerprint density at radius 1 is 1.35 bits per heavy atom. The van der Waals surface area contributed by atoms with Gasteiger partial charge in [-0.2, -0.15) is 5.10 Å². The number of amides is 2. The summed E-state index contributed by atoms with van der Waals surface area (Å²) in [6.07, 6.45) is 4.31. The van der Waals surface area contributed by atoms with Gasteiger partial charge in [0.25, 0.3) is 11.6 Å². The Kier molecular flexibility index (Phi) is 5.45. The van der Waals surface area contributed by atoms with Crippen LogP contribution in [-0.2, 0) is 4.79 Å². The Balaban J connectivity index is 1.56. The molecule has 0 spiro atoms. The molecule has 2 aromatic rings. The number of aromatic nitrogens is 2. The van der Waals surface area contributed by atoms with Crippen LogP contribution in [0, 0.1) is 10.1 Å². The molecule has 2 N–H and O–H groups in total. The molecule has 1 aliphatic rings. The van der Waals surface area contributed by atoms with Crippen LogP contribution in [-0.4, -0.2) is 51.5 Å². The van der Waals surface area contributed by atoms with Gasteiger partial charge in [-0.15, -0.1) is 0 Å². The average Bonchev–Trinajstić information content (AvgIpc) is 2.95. The molecule has 0 aliphatic carbocycles. The van der Waals surface area contributed by atoms with Crippen molar-refractivity contribution in [1.29, 1.82) is 0 Å². The molecule has 1 fully saturated rings. The number of hydrogen-bond acceptors (Lipinski definition) is 5. The first-order chi connectivity index (χ1) is 12.6. The number of carbonyl (C=O) groups excluding carboxylic acids is 2. The molecule has 0 bridgehead atoms. The molecule has 2 heterocycles. The molecular formula is C17H21N5O4. The summed E-state index contributed by atoms with van der Waals surface area (Å²) in [6.45, 7) is 1.80. The van der Waals surface area contributed by atoms with E-state index in [-0.39, 0.29) is 23.2 Å². The maximum Gasteiger partial charge on any atom is 0.272 e. The molecule has 1 aromatic carbocycles. The van der Waals surface area contributed by atoms with Crippen LogP contribution in [0.4, 0.5) is 5.69 Å². The minimum absolute atomic E-state index is 0.0902. The van der Waals surface area contributed by atoms with Crippen molar-refractivity contribution in [1.82, 2.24) is 20.4 Å². The Morgan fingerprint density at radius 3 is 3.00 bits per heavy atom. The van der Waals surface area contributed by atoms with E-state index in [0.717, 1.165) is 25.8 Å². The highest BCUT2D eigenvalue weighted by Gasteiger charge is 2.18. The Morgan fingerprint density at radius 2 is 2.19 bits per heavy atom. The van der Waals surface area contributed by atoms with Crippen LogP contribution < -0.4 is 5.32 Å². The Hall–Kier alpha value is -2.97. The van der Waals surface area contributed by atoms with Gasteiger partial charge in [0.05, 0.1) is 10.4 Å². The number of rotatable bonds is 6. The second-order valence-corrected chi connectivity index (χ2v) is 6.36. The second kappa shape index (κ2) is 7.94. The summed E-state index contributed by atoms with van der Waals surface area (Å²) in [6, 6.07) is 4.23. The largest absolute Gasteiger partial charge is 0.351 e. The molecule has 9 heteroatoms. The van der Waals surface area contributed by atoms with Crippen LogP contribution in [0.25, 0.3) is 10.9 Å². The maximum atomic E-state index is 12.3. The minimum Gasteiger partial charge on any atom is -0.351 e. The van der Waals surface area contributed by atoms with Gasteiger partial charge in [-0.25, -0.2) is 0 Å². The third kappa shape index (κ3) is 3.98. The van der Waals surface area contributed by atoms with Crippen molar-refractivity contribution in [3.63, 3.8) is 0 Å². The Labute approximate surface area is 149 Å². The number of nitrogens with zero attached hydrogens (tertiary/aromatic N) is 3. The molecule has 138 valence electrons. The van der Waals surface area contributed by atoms with Crippen LogP contribution in [0.2, 0.25) is 0 Å². The molecule has 3 rings (SSSR count). The van der Waals surface area contributed by atoms with Crippen molar-refractivity contribution in [2.45, 2.75) is 32.1 Å². The number of nitro benzene ring substituents is 1. The zero-order chi connectivity index (χ0) is 18.5. The number of non-ortho nitro benzene ring substituents is 1. The summed E-state index contributed by atoms with van der Waals surface area (Å²) in [4.78, 5) is 36.5. The van der Waals surface area contributed by atoms with E-state index in [1.807, 2.05) is 4.90 Å². The quantitative estimate of drug-likeness (QED) is 0.464. The van der Waals surface area contributed by atoms with Crippen LogP contribution in [0.15, 0.2) is 18.2 Å². The second-order valence-electron chi connectivity index (χ2n) is 6.36. The van der Waals surface area contributed by atoms with Crippen molar-refractivity contribution in [2.75, 3.05) is 19.6 Å². The molecule has 1 aliphatic heterocycles. The molecule has 1 saturated heterocycles. The SMILES string of the molecule is O=C(NCCCN1CCCCCC1=O)c1n[nH]c2ccc([N+](=O)[O-])cc12. The van der Waals surface area contributed by atoms with Gasteiger partial charge in [-0.3, -0.25) is 24.8 Å². The fourth-order valence-corrected chi connectivity index (χ4v) is 3.12. The maximum absolute atomic E-state index is 12.3. The molecular weight excluding hydrogens is 338 g/mol. The molecule has 0 radical (unpaired) electrons. The molecule has 1 aromatic heterocycles. The molecule has 0 unspecified atom stereocenters. The van der Waals surface area contributed by atoms with E-state index in [2.05, 4.69) is 15.5 Å². The van der Waals surface area contributed by atoms with E-state index in [1.54, 1.807) is 0 Å². The highest BCUT2D eigenvalue weighted by Crippen LogP contribution is 2.22. The predicted molar refractivity (Wildman–Crippen MR) is 94.7 cm³/mol. The number of fused-ring (bicyclic) bond motifs is 1. The van der Waals surface area contributed by atoms with Crippen molar-refractivity contribution >= 4 is 28.4 Å². The first kappa shape index (κ1) is 17.8. The van der Waals surface area contributed by atoms with Gasteiger partial charge in [0, 0.05) is 43.6 Å². The highest BCUT2D eigenvalue weighted by molar-refractivity contribution is 6.05. The average molecular weight is 359 g/mol. The number of nitrogens with one attached hydrogen (secondary N) is 2. The fraction of sp³-hybridized carbons (Fsp3) is 0.471. The van der Waals surface area contributed by atoms with Gasteiger partial charge >= 0.3 is 0 Å². The van der Waals surface area contributed by atoms with E-state index < -0.39 is 4.92 Å². The van der Waals surface area contributed by atoms with Crippen LogP contribution in [0.1, 0.15) is 42.6 Å². The third-order valence-corrected chi connectivity index (χ3v) is 4.53. The number of carbonyl (C=O) groups is 2. The van der Waals surface area contributed by atoms with Crippen LogP contribution in [0.3, 0.4) is 0 Å². The lowest BCUT2D eigenvalue weighted by Crippen LogP contribution is -2.34. The number of aromatic amines is 1. The normalized spacial score (nSPS) is 15.1. The summed E-state index contributed by atoms with van der Waals surface area (Å²) in [5.74, 6) is -0.210. The topological polar surface area (TPSA) is 121 Å². The van der Waals surface area contributed by atoms with Crippen molar-refractivity contribution in [3.8, 4) is 0 Å². The number of likely N-dealkylation sites (tertiary alicyclic amines) is 1. The van der Waals surface area contributed by atoms with E-state index in [0.29, 0.717) is 36.8 Å². The smallest absolute Gasteiger partial charge is 0.272 e. The summed E-state index contributed by atoms with van der Waals surface area (Å²) < 4.78 is 0. The first-order valence-electron chi connectivity index (χ1n) is 8.75.